The van der Waals surface area contributed by atoms with Gasteiger partial charge in [0.25, 0.3) is 0 Å². The maximum atomic E-state index is 12.5. The molecule has 0 aromatic heterocycles. The van der Waals surface area contributed by atoms with E-state index in [9.17, 15) is 4.79 Å². The third-order valence-corrected chi connectivity index (χ3v) is 4.63. The molecule has 1 heterocycles. The van der Waals surface area contributed by atoms with Crippen molar-refractivity contribution in [2.24, 2.45) is 0 Å². The summed E-state index contributed by atoms with van der Waals surface area (Å²) in [6, 6.07) is 11.5. The number of nitrogens with zero attached hydrogens (tertiary/aromatic N) is 1. The van der Waals surface area contributed by atoms with Gasteiger partial charge in [-0.15, -0.1) is 0 Å². The number of rotatable bonds is 7. The molecule has 1 aliphatic rings. The lowest BCUT2D eigenvalue weighted by Gasteiger charge is -2.28. The number of hydrogen-bond donors (Lipinski definition) is 1. The van der Waals surface area contributed by atoms with Crippen molar-refractivity contribution < 1.29 is 23.7 Å². The highest BCUT2D eigenvalue weighted by atomic mass is 16.5. The molecular weight excluding hydrogens is 360 g/mol. The fourth-order valence-electron chi connectivity index (χ4n) is 3.19. The zero-order valence-corrected chi connectivity index (χ0v) is 16.5. The van der Waals surface area contributed by atoms with Crippen LogP contribution in [0.5, 0.6) is 17.2 Å². The van der Waals surface area contributed by atoms with Crippen LogP contribution in [0.1, 0.15) is 5.56 Å². The summed E-state index contributed by atoms with van der Waals surface area (Å²) in [6.07, 6.45) is 0.278. The first kappa shape index (κ1) is 19.8. The van der Waals surface area contributed by atoms with E-state index in [1.54, 1.807) is 33.5 Å². The second-order valence-corrected chi connectivity index (χ2v) is 6.40. The number of ether oxygens (including phenoxy) is 4. The van der Waals surface area contributed by atoms with Gasteiger partial charge < -0.3 is 29.2 Å². The number of hydrogen-bond acceptors (Lipinski definition) is 6. The molecule has 0 aliphatic carbocycles. The summed E-state index contributed by atoms with van der Waals surface area (Å²) in [7, 11) is 4.62. The van der Waals surface area contributed by atoms with Gasteiger partial charge in [0.1, 0.15) is 0 Å². The number of carbonyl (C=O) groups is 1. The fourth-order valence-corrected chi connectivity index (χ4v) is 3.19. The molecule has 28 heavy (non-hydrogen) atoms. The van der Waals surface area contributed by atoms with Gasteiger partial charge in [-0.05, 0) is 17.7 Å². The largest absolute Gasteiger partial charge is 0.493 e. The Labute approximate surface area is 165 Å². The van der Waals surface area contributed by atoms with Gasteiger partial charge in [0.15, 0.2) is 11.5 Å². The van der Waals surface area contributed by atoms with Crippen molar-refractivity contribution in [3.63, 3.8) is 0 Å². The number of anilines is 2. The Balaban J connectivity index is 1.65. The molecule has 2 aromatic rings. The van der Waals surface area contributed by atoms with Crippen molar-refractivity contribution in [2.45, 2.75) is 6.42 Å². The summed E-state index contributed by atoms with van der Waals surface area (Å²) in [4.78, 5) is 14.8. The molecule has 1 aliphatic heterocycles. The molecule has 1 amide bonds. The lowest BCUT2D eigenvalue weighted by Crippen LogP contribution is -2.36. The third-order valence-electron chi connectivity index (χ3n) is 4.63. The molecule has 0 radical (unpaired) electrons. The number of morpholine rings is 1. The van der Waals surface area contributed by atoms with Gasteiger partial charge in [-0.1, -0.05) is 12.1 Å². The SMILES string of the molecule is COc1cc(NC(=O)Cc2ccc(N3CCOCC3)cc2)cc(OC)c1OC. The molecule has 2 aromatic carbocycles. The summed E-state index contributed by atoms with van der Waals surface area (Å²) in [5, 5.41) is 2.89. The zero-order chi connectivity index (χ0) is 19.9. The fraction of sp³-hybridized carbons (Fsp3) is 0.381. The van der Waals surface area contributed by atoms with Gasteiger partial charge in [-0.3, -0.25) is 4.79 Å². The monoisotopic (exact) mass is 386 g/mol. The van der Waals surface area contributed by atoms with Crippen LogP contribution in [0.4, 0.5) is 11.4 Å². The topological polar surface area (TPSA) is 69.3 Å². The second-order valence-electron chi connectivity index (χ2n) is 6.40. The minimum Gasteiger partial charge on any atom is -0.493 e. The van der Waals surface area contributed by atoms with E-state index in [2.05, 4.69) is 10.2 Å². The molecule has 0 saturated carbocycles. The molecule has 150 valence electrons. The number of carbonyl (C=O) groups excluding carboxylic acids is 1. The van der Waals surface area contributed by atoms with E-state index in [4.69, 9.17) is 18.9 Å². The highest BCUT2D eigenvalue weighted by Gasteiger charge is 2.15. The van der Waals surface area contributed by atoms with Crippen LogP contribution in [0.25, 0.3) is 0 Å². The first-order valence-corrected chi connectivity index (χ1v) is 9.16. The van der Waals surface area contributed by atoms with Gasteiger partial charge in [0.05, 0.1) is 41.0 Å². The molecule has 0 unspecified atom stereocenters. The minimum atomic E-state index is -0.117. The smallest absolute Gasteiger partial charge is 0.228 e. The summed E-state index contributed by atoms with van der Waals surface area (Å²) >= 11 is 0. The molecule has 7 nitrogen and oxygen atoms in total. The van der Waals surface area contributed by atoms with Crippen LogP contribution < -0.4 is 24.4 Å². The van der Waals surface area contributed by atoms with Crippen molar-refractivity contribution in [1.82, 2.24) is 0 Å². The average Bonchev–Trinajstić information content (AvgIpc) is 2.74. The summed E-state index contributed by atoms with van der Waals surface area (Å²) in [6.45, 7) is 3.28. The van der Waals surface area contributed by atoms with Crippen LogP contribution in [0.2, 0.25) is 0 Å². The van der Waals surface area contributed by atoms with Crippen molar-refractivity contribution in [2.75, 3.05) is 57.8 Å². The molecular formula is C21H26N2O5. The Kier molecular flexibility index (Phi) is 6.60. The van der Waals surface area contributed by atoms with Crippen LogP contribution in [0.3, 0.4) is 0 Å². The molecule has 0 atom stereocenters. The van der Waals surface area contributed by atoms with Crippen LogP contribution in [-0.2, 0) is 16.0 Å². The Hall–Kier alpha value is -2.93. The van der Waals surface area contributed by atoms with Gasteiger partial charge >= 0.3 is 0 Å². The number of benzene rings is 2. The maximum absolute atomic E-state index is 12.5. The summed E-state index contributed by atoms with van der Waals surface area (Å²) in [5.74, 6) is 1.36. The Morgan fingerprint density at radius 3 is 2.14 bits per heavy atom. The van der Waals surface area contributed by atoms with E-state index >= 15 is 0 Å². The number of nitrogens with one attached hydrogen (secondary N) is 1. The first-order chi connectivity index (χ1) is 13.6. The summed E-state index contributed by atoms with van der Waals surface area (Å²) in [5.41, 5.74) is 2.68. The zero-order valence-electron chi connectivity index (χ0n) is 16.5. The van der Waals surface area contributed by atoms with Crippen LogP contribution in [0.15, 0.2) is 36.4 Å². The highest BCUT2D eigenvalue weighted by molar-refractivity contribution is 5.93. The predicted molar refractivity (Wildman–Crippen MR) is 108 cm³/mol. The van der Waals surface area contributed by atoms with E-state index < -0.39 is 0 Å². The van der Waals surface area contributed by atoms with Gasteiger partial charge in [0.2, 0.25) is 11.7 Å². The van der Waals surface area contributed by atoms with Crippen molar-refractivity contribution >= 4 is 17.3 Å². The molecule has 1 N–H and O–H groups in total. The number of methoxy groups -OCH3 is 3. The lowest BCUT2D eigenvalue weighted by molar-refractivity contribution is -0.115. The number of amides is 1. The molecule has 0 bridgehead atoms. The normalized spacial score (nSPS) is 13.8. The van der Waals surface area contributed by atoms with Crippen molar-refractivity contribution in [3.05, 3.63) is 42.0 Å². The van der Waals surface area contributed by atoms with Gasteiger partial charge in [-0.25, -0.2) is 0 Å². The van der Waals surface area contributed by atoms with E-state index in [0.717, 1.165) is 37.6 Å². The predicted octanol–water partition coefficient (Wildman–Crippen LogP) is 2.73. The molecule has 3 rings (SSSR count). The minimum absolute atomic E-state index is 0.117. The van der Waals surface area contributed by atoms with Crippen molar-refractivity contribution in [1.29, 1.82) is 0 Å². The third kappa shape index (κ3) is 4.67. The molecule has 7 heteroatoms. The summed E-state index contributed by atoms with van der Waals surface area (Å²) < 4.78 is 21.3. The maximum Gasteiger partial charge on any atom is 0.228 e. The molecule has 0 spiro atoms. The highest BCUT2D eigenvalue weighted by Crippen LogP contribution is 2.39. The van der Waals surface area contributed by atoms with E-state index in [-0.39, 0.29) is 12.3 Å². The van der Waals surface area contributed by atoms with E-state index in [0.29, 0.717) is 22.9 Å². The average molecular weight is 386 g/mol. The first-order valence-electron chi connectivity index (χ1n) is 9.16. The lowest BCUT2D eigenvalue weighted by atomic mass is 10.1. The Morgan fingerprint density at radius 1 is 1.00 bits per heavy atom. The van der Waals surface area contributed by atoms with E-state index in [1.165, 1.54) is 0 Å². The van der Waals surface area contributed by atoms with Gasteiger partial charge in [0, 0.05) is 36.6 Å². The van der Waals surface area contributed by atoms with Crippen LogP contribution >= 0.6 is 0 Å². The van der Waals surface area contributed by atoms with Crippen LogP contribution in [-0.4, -0.2) is 53.5 Å². The van der Waals surface area contributed by atoms with E-state index in [1.807, 2.05) is 24.3 Å². The van der Waals surface area contributed by atoms with Crippen molar-refractivity contribution in [3.8, 4) is 17.2 Å². The standard InChI is InChI=1S/C21H26N2O5/c1-25-18-13-16(14-19(26-2)21(18)27-3)22-20(24)12-15-4-6-17(7-5-15)23-8-10-28-11-9-23/h4-7,13-14H,8-12H2,1-3H3,(H,22,24). The molecule has 1 saturated heterocycles. The molecule has 1 fully saturated rings. The Bertz CT molecular complexity index is 776. The van der Waals surface area contributed by atoms with Crippen LogP contribution in [0, 0.1) is 0 Å². The van der Waals surface area contributed by atoms with Gasteiger partial charge in [-0.2, -0.15) is 0 Å². The Morgan fingerprint density at radius 2 is 1.61 bits per heavy atom. The quantitative estimate of drug-likeness (QED) is 0.789. The second kappa shape index (κ2) is 9.32.